The molecule has 0 saturated carbocycles. The molecule has 0 atom stereocenters. The zero-order chi connectivity index (χ0) is 12.6. The average molecular weight is 269 g/mol. The van der Waals surface area contributed by atoms with Crippen LogP contribution in [0.4, 0.5) is 5.69 Å². The molecule has 0 saturated heterocycles. The molecule has 1 aromatic carbocycles. The van der Waals surface area contributed by atoms with Gasteiger partial charge in [0.2, 0.25) is 0 Å². The summed E-state index contributed by atoms with van der Waals surface area (Å²) >= 11 is 7.28. The lowest BCUT2D eigenvalue weighted by Crippen LogP contribution is -2.29. The van der Waals surface area contributed by atoms with Crippen molar-refractivity contribution < 1.29 is 4.79 Å². The number of anilines is 1. The van der Waals surface area contributed by atoms with Gasteiger partial charge in [0.25, 0.3) is 5.91 Å². The Balaban J connectivity index is 2.48. The third kappa shape index (κ3) is 2.37. The van der Waals surface area contributed by atoms with Crippen LogP contribution < -0.4 is 11.1 Å². The van der Waals surface area contributed by atoms with Gasteiger partial charge in [-0.15, -0.1) is 11.3 Å². The quantitative estimate of drug-likeness (QED) is 0.878. The maximum atomic E-state index is 11.9. The fourth-order valence-electron chi connectivity index (χ4n) is 1.59. The summed E-state index contributed by atoms with van der Waals surface area (Å²) in [6.07, 6.45) is 0. The molecule has 0 aliphatic heterocycles. The van der Waals surface area contributed by atoms with Crippen LogP contribution in [-0.4, -0.2) is 11.9 Å². The van der Waals surface area contributed by atoms with Gasteiger partial charge in [0.05, 0.1) is 5.69 Å². The first-order valence-corrected chi connectivity index (χ1v) is 6.47. The number of carbonyl (C=O) groups is 1. The monoisotopic (exact) mass is 268 g/mol. The van der Waals surface area contributed by atoms with Crippen molar-refractivity contribution in [3.05, 3.63) is 28.1 Å². The van der Waals surface area contributed by atoms with E-state index in [9.17, 15) is 4.79 Å². The van der Waals surface area contributed by atoms with Crippen LogP contribution in [0.1, 0.15) is 23.5 Å². The summed E-state index contributed by atoms with van der Waals surface area (Å²) in [7, 11) is 0. The second kappa shape index (κ2) is 4.55. The molecule has 90 valence electrons. The van der Waals surface area contributed by atoms with Crippen molar-refractivity contribution >= 4 is 44.6 Å². The summed E-state index contributed by atoms with van der Waals surface area (Å²) in [6, 6.07) is 5.53. The number of rotatable bonds is 2. The number of carbonyl (C=O) groups excluding carboxylic acids is 1. The van der Waals surface area contributed by atoms with Crippen LogP contribution in [0, 0.1) is 0 Å². The number of nitrogens with two attached hydrogens (primary N) is 1. The number of amides is 1. The van der Waals surface area contributed by atoms with Crippen molar-refractivity contribution in [1.29, 1.82) is 0 Å². The van der Waals surface area contributed by atoms with Crippen molar-refractivity contribution in [1.82, 2.24) is 5.32 Å². The van der Waals surface area contributed by atoms with Crippen LogP contribution in [0.15, 0.2) is 18.2 Å². The van der Waals surface area contributed by atoms with E-state index in [1.807, 2.05) is 26.0 Å². The van der Waals surface area contributed by atoms with Gasteiger partial charge >= 0.3 is 0 Å². The summed E-state index contributed by atoms with van der Waals surface area (Å²) in [6.45, 7) is 3.83. The lowest BCUT2D eigenvalue weighted by Gasteiger charge is -2.06. The average Bonchev–Trinajstić information content (AvgIpc) is 2.54. The van der Waals surface area contributed by atoms with Gasteiger partial charge in [-0.25, -0.2) is 0 Å². The maximum absolute atomic E-state index is 11.9. The fraction of sp³-hybridized carbons (Fsp3) is 0.250. The number of hydrogen-bond acceptors (Lipinski definition) is 3. The second-order valence-corrected chi connectivity index (χ2v) is 5.60. The van der Waals surface area contributed by atoms with Gasteiger partial charge in [0, 0.05) is 21.2 Å². The molecule has 1 aromatic heterocycles. The SMILES string of the molecule is CC(C)NC(=O)c1sc2cc(Cl)ccc2c1N. The molecule has 1 heterocycles. The highest BCUT2D eigenvalue weighted by atomic mass is 35.5. The van der Waals surface area contributed by atoms with Crippen molar-refractivity contribution in [3.63, 3.8) is 0 Å². The van der Waals surface area contributed by atoms with Gasteiger partial charge in [-0.3, -0.25) is 4.79 Å². The Kier molecular flexibility index (Phi) is 3.26. The summed E-state index contributed by atoms with van der Waals surface area (Å²) in [5.74, 6) is -0.130. The first-order valence-electron chi connectivity index (χ1n) is 5.27. The Morgan fingerprint density at radius 3 is 2.82 bits per heavy atom. The summed E-state index contributed by atoms with van der Waals surface area (Å²) < 4.78 is 0.934. The summed E-state index contributed by atoms with van der Waals surface area (Å²) in [5, 5.41) is 4.36. The summed E-state index contributed by atoms with van der Waals surface area (Å²) in [4.78, 5) is 12.5. The predicted molar refractivity (Wildman–Crippen MR) is 73.8 cm³/mol. The van der Waals surface area contributed by atoms with Gasteiger partial charge in [-0.2, -0.15) is 0 Å². The van der Waals surface area contributed by atoms with E-state index in [1.54, 1.807) is 6.07 Å². The molecule has 3 nitrogen and oxygen atoms in total. The van der Waals surface area contributed by atoms with E-state index in [4.69, 9.17) is 17.3 Å². The molecule has 0 spiro atoms. The minimum absolute atomic E-state index is 0.0932. The molecule has 0 aliphatic carbocycles. The van der Waals surface area contributed by atoms with Gasteiger partial charge < -0.3 is 11.1 Å². The molecule has 1 amide bonds. The van der Waals surface area contributed by atoms with Crippen molar-refractivity contribution in [2.24, 2.45) is 0 Å². The van der Waals surface area contributed by atoms with Gasteiger partial charge in [-0.05, 0) is 32.0 Å². The van der Waals surface area contributed by atoms with E-state index in [-0.39, 0.29) is 11.9 Å². The third-order valence-corrected chi connectivity index (χ3v) is 3.72. The van der Waals surface area contributed by atoms with E-state index >= 15 is 0 Å². The fourth-order valence-corrected chi connectivity index (χ4v) is 2.89. The van der Waals surface area contributed by atoms with Gasteiger partial charge in [-0.1, -0.05) is 11.6 Å². The number of benzene rings is 1. The molecule has 0 bridgehead atoms. The summed E-state index contributed by atoms with van der Waals surface area (Å²) in [5.41, 5.74) is 6.50. The Morgan fingerprint density at radius 2 is 2.18 bits per heavy atom. The second-order valence-electron chi connectivity index (χ2n) is 4.11. The van der Waals surface area contributed by atoms with Crippen LogP contribution in [-0.2, 0) is 0 Å². The largest absolute Gasteiger partial charge is 0.397 e. The van der Waals surface area contributed by atoms with E-state index < -0.39 is 0 Å². The van der Waals surface area contributed by atoms with Crippen LogP contribution in [0.5, 0.6) is 0 Å². The first-order chi connectivity index (χ1) is 7.99. The highest BCUT2D eigenvalue weighted by molar-refractivity contribution is 7.21. The zero-order valence-corrected chi connectivity index (χ0v) is 11.2. The van der Waals surface area contributed by atoms with Crippen LogP contribution in [0.3, 0.4) is 0 Å². The Hall–Kier alpha value is -1.26. The minimum atomic E-state index is -0.130. The molecule has 3 N–H and O–H groups in total. The normalized spacial score (nSPS) is 11.1. The maximum Gasteiger partial charge on any atom is 0.263 e. The van der Waals surface area contributed by atoms with Crippen LogP contribution in [0.25, 0.3) is 10.1 Å². The molecular weight excluding hydrogens is 256 g/mol. The molecular formula is C12H13ClN2OS. The molecule has 5 heteroatoms. The van der Waals surface area contributed by atoms with E-state index in [0.29, 0.717) is 15.6 Å². The standard InChI is InChI=1S/C12H13ClN2OS/c1-6(2)15-12(16)11-10(14)8-4-3-7(13)5-9(8)17-11/h3-6H,14H2,1-2H3,(H,15,16). The highest BCUT2D eigenvalue weighted by Gasteiger charge is 2.16. The van der Waals surface area contributed by atoms with Gasteiger partial charge in [0.15, 0.2) is 0 Å². The molecule has 0 fully saturated rings. The lowest BCUT2D eigenvalue weighted by molar-refractivity contribution is 0.0948. The smallest absolute Gasteiger partial charge is 0.263 e. The third-order valence-electron chi connectivity index (χ3n) is 2.32. The minimum Gasteiger partial charge on any atom is -0.397 e. The molecule has 2 aromatic rings. The number of nitrogen functional groups attached to an aromatic ring is 1. The Labute approximate surface area is 109 Å². The lowest BCUT2D eigenvalue weighted by atomic mass is 10.2. The predicted octanol–water partition coefficient (Wildman–Crippen LogP) is 3.28. The molecule has 17 heavy (non-hydrogen) atoms. The van der Waals surface area contributed by atoms with E-state index in [2.05, 4.69) is 5.32 Å². The van der Waals surface area contributed by atoms with Crippen LogP contribution >= 0.6 is 22.9 Å². The first kappa shape index (κ1) is 12.2. The van der Waals surface area contributed by atoms with Crippen molar-refractivity contribution in [2.75, 3.05) is 5.73 Å². The van der Waals surface area contributed by atoms with E-state index in [1.165, 1.54) is 11.3 Å². The van der Waals surface area contributed by atoms with Crippen molar-refractivity contribution in [3.8, 4) is 0 Å². The number of halogens is 1. The van der Waals surface area contributed by atoms with Crippen LogP contribution in [0.2, 0.25) is 5.02 Å². The molecule has 2 rings (SSSR count). The Morgan fingerprint density at radius 1 is 1.47 bits per heavy atom. The number of fused-ring (bicyclic) bond motifs is 1. The Bertz CT molecular complexity index is 577. The molecule has 0 radical (unpaired) electrons. The number of nitrogens with one attached hydrogen (secondary N) is 1. The topological polar surface area (TPSA) is 55.1 Å². The number of hydrogen-bond donors (Lipinski definition) is 2. The highest BCUT2D eigenvalue weighted by Crippen LogP contribution is 2.35. The van der Waals surface area contributed by atoms with Gasteiger partial charge in [0.1, 0.15) is 4.88 Å². The molecule has 0 aliphatic rings. The van der Waals surface area contributed by atoms with Crippen molar-refractivity contribution in [2.45, 2.75) is 19.9 Å². The zero-order valence-electron chi connectivity index (χ0n) is 9.58. The molecule has 0 unspecified atom stereocenters. The van der Waals surface area contributed by atoms with E-state index in [0.717, 1.165) is 10.1 Å². The number of thiophene rings is 1.